The molecule has 132 valence electrons. The highest BCUT2D eigenvalue weighted by atomic mass is 32.2. The van der Waals surface area contributed by atoms with Crippen molar-refractivity contribution in [1.29, 1.82) is 0 Å². The first-order chi connectivity index (χ1) is 12.3. The molecule has 2 aliphatic heterocycles. The minimum Gasteiger partial charge on any atom is -0.506 e. The summed E-state index contributed by atoms with van der Waals surface area (Å²) in [6, 6.07) is 6.45. The van der Waals surface area contributed by atoms with Gasteiger partial charge >= 0.3 is 10.2 Å². The van der Waals surface area contributed by atoms with Gasteiger partial charge in [0.1, 0.15) is 18.0 Å². The van der Waals surface area contributed by atoms with Crippen LogP contribution < -0.4 is 14.3 Å². The fourth-order valence-corrected chi connectivity index (χ4v) is 4.47. The number of carbonyl (C=O) groups excluding carboxylic acids is 1. The quantitative estimate of drug-likeness (QED) is 0.735. The standard InChI is InChI=1S/C16H16FN3O4S/c17-15-12-5-9(11-3-4-18-7-11)1-2-10(12)6-13(21)16(15)20-8-14(22)19-25(20,23)24/h1-2,5-6,11,18,21H,3-4,7-8H2,(H,19,22)/i/hD. The van der Waals surface area contributed by atoms with Crippen LogP contribution in [0.3, 0.4) is 0 Å². The van der Waals surface area contributed by atoms with E-state index in [0.717, 1.165) is 25.1 Å². The molecular weight excluding hydrogens is 349 g/mol. The van der Waals surface area contributed by atoms with Gasteiger partial charge in [-0.1, -0.05) is 12.1 Å². The topological polar surface area (TPSA) is 98.7 Å². The number of amides is 1. The highest BCUT2D eigenvalue weighted by molar-refractivity contribution is 7.92. The summed E-state index contributed by atoms with van der Waals surface area (Å²) < 4.78 is 47.1. The van der Waals surface area contributed by atoms with Gasteiger partial charge in [0.2, 0.25) is 0 Å². The van der Waals surface area contributed by atoms with Crippen LogP contribution >= 0.6 is 0 Å². The van der Waals surface area contributed by atoms with E-state index >= 15 is 4.39 Å². The van der Waals surface area contributed by atoms with Crippen molar-refractivity contribution in [3.8, 4) is 5.75 Å². The number of nitrogens with zero attached hydrogens (tertiary/aromatic N) is 1. The number of halogens is 1. The van der Waals surface area contributed by atoms with Crippen molar-refractivity contribution in [2.45, 2.75) is 12.3 Å². The molecular formula is C16H16FN3O4S. The average Bonchev–Trinajstić information content (AvgIpc) is 3.19. The number of nitrogens with one attached hydrogen (secondary N) is 2. The van der Waals surface area contributed by atoms with E-state index in [1.54, 1.807) is 12.1 Å². The highest BCUT2D eigenvalue weighted by Gasteiger charge is 2.37. The molecule has 1 atom stereocenters. The smallest absolute Gasteiger partial charge is 0.326 e. The average molecular weight is 366 g/mol. The third-order valence-corrected chi connectivity index (χ3v) is 5.92. The van der Waals surface area contributed by atoms with Crippen molar-refractivity contribution in [3.05, 3.63) is 35.6 Å². The summed E-state index contributed by atoms with van der Waals surface area (Å²) in [4.78, 5) is 11.6. The Morgan fingerprint density at radius 3 is 2.80 bits per heavy atom. The molecule has 0 aromatic heterocycles. The van der Waals surface area contributed by atoms with Crippen LogP contribution in [0.4, 0.5) is 10.1 Å². The molecule has 1 unspecified atom stereocenters. The molecule has 7 nitrogen and oxygen atoms in total. The fraction of sp³-hybridized carbons (Fsp3) is 0.312. The van der Waals surface area contributed by atoms with Crippen LogP contribution in [-0.4, -0.2) is 39.1 Å². The van der Waals surface area contributed by atoms with E-state index in [-0.39, 0.29) is 16.0 Å². The molecule has 25 heavy (non-hydrogen) atoms. The monoisotopic (exact) mass is 366 g/mol. The summed E-state index contributed by atoms with van der Waals surface area (Å²) in [6.07, 6.45) is 0.918. The number of anilines is 1. The second-order valence-electron chi connectivity index (χ2n) is 6.20. The normalized spacial score (nSPS) is 23.5. The Morgan fingerprint density at radius 2 is 2.16 bits per heavy atom. The van der Waals surface area contributed by atoms with E-state index in [0.29, 0.717) is 9.69 Å². The second-order valence-corrected chi connectivity index (χ2v) is 7.72. The van der Waals surface area contributed by atoms with Crippen LogP contribution in [0.1, 0.15) is 17.9 Å². The number of hydrogen-bond acceptors (Lipinski definition) is 5. The Bertz CT molecular complexity index is 1020. The number of aromatic hydroxyl groups is 1. The molecule has 2 aromatic rings. The molecule has 0 radical (unpaired) electrons. The maximum atomic E-state index is 15.2. The first kappa shape index (κ1) is 14.9. The Kier molecular flexibility index (Phi) is 3.32. The van der Waals surface area contributed by atoms with Gasteiger partial charge in [0.25, 0.3) is 5.91 Å². The summed E-state index contributed by atoms with van der Waals surface area (Å²) in [5, 5.41) is 14.0. The van der Waals surface area contributed by atoms with Gasteiger partial charge in [0.05, 0.1) is 0 Å². The lowest BCUT2D eigenvalue weighted by Crippen LogP contribution is -2.30. The Morgan fingerprint density at radius 1 is 1.36 bits per heavy atom. The molecule has 2 aromatic carbocycles. The molecule has 1 amide bonds. The third-order valence-electron chi connectivity index (χ3n) is 4.61. The number of phenols is 1. The van der Waals surface area contributed by atoms with Crippen LogP contribution in [-0.2, 0) is 15.0 Å². The van der Waals surface area contributed by atoms with Crippen LogP contribution in [0.2, 0.25) is 1.41 Å². The summed E-state index contributed by atoms with van der Waals surface area (Å²) in [7, 11) is -4.53. The van der Waals surface area contributed by atoms with Crippen LogP contribution in [0, 0.1) is 5.82 Å². The summed E-state index contributed by atoms with van der Waals surface area (Å²) in [5.41, 5.74) is 0.308. The Labute approximate surface area is 145 Å². The van der Waals surface area contributed by atoms with Gasteiger partial charge in [-0.15, -0.1) is 0 Å². The molecule has 9 heteroatoms. The number of benzene rings is 2. The SMILES string of the molecule is [2H]N1C(=O)CN(c2c(O)cc3ccc(C4CCNC4)cc3c2F)S1(=O)=O. The number of fused-ring (bicyclic) bond motifs is 1. The number of rotatable bonds is 2. The van der Waals surface area contributed by atoms with Gasteiger partial charge in [0, 0.05) is 11.9 Å². The predicted molar refractivity (Wildman–Crippen MR) is 90.2 cm³/mol. The van der Waals surface area contributed by atoms with E-state index < -0.39 is 39.9 Å². The maximum absolute atomic E-state index is 15.2. The zero-order valence-corrected chi connectivity index (χ0v) is 13.9. The van der Waals surface area contributed by atoms with Gasteiger partial charge in [-0.2, -0.15) is 8.42 Å². The number of carbonyl (C=O) groups is 1. The lowest BCUT2D eigenvalue weighted by Gasteiger charge is -2.19. The third kappa shape index (κ3) is 2.59. The summed E-state index contributed by atoms with van der Waals surface area (Å²) >= 11 is 0. The van der Waals surface area contributed by atoms with Crippen molar-refractivity contribution >= 4 is 32.6 Å². The van der Waals surface area contributed by atoms with Crippen LogP contribution in [0.15, 0.2) is 24.3 Å². The maximum Gasteiger partial charge on any atom is 0.326 e. The summed E-state index contributed by atoms with van der Waals surface area (Å²) in [6.45, 7) is 0.925. The second kappa shape index (κ2) is 5.57. The van der Waals surface area contributed by atoms with Gasteiger partial charge in [-0.05, 0) is 42.0 Å². The first-order valence-corrected chi connectivity index (χ1v) is 9.21. The van der Waals surface area contributed by atoms with E-state index in [9.17, 15) is 18.3 Å². The van der Waals surface area contributed by atoms with Gasteiger partial charge in [-0.25, -0.2) is 13.4 Å². The van der Waals surface area contributed by atoms with Crippen molar-refractivity contribution in [2.75, 3.05) is 23.9 Å². The van der Waals surface area contributed by atoms with Crippen LogP contribution in [0.5, 0.6) is 5.75 Å². The van der Waals surface area contributed by atoms with Crippen molar-refractivity contribution < 1.29 is 24.1 Å². The minimum absolute atomic E-state index is 0.160. The zero-order chi connectivity index (χ0) is 18.6. The molecule has 2 fully saturated rings. The van der Waals surface area contributed by atoms with Crippen molar-refractivity contribution in [3.63, 3.8) is 0 Å². The number of hydrogen-bond donors (Lipinski definition) is 3. The lowest BCUT2D eigenvalue weighted by atomic mass is 9.95. The molecule has 3 N–H and O–H groups in total. The molecule has 2 heterocycles. The van der Waals surface area contributed by atoms with E-state index in [4.69, 9.17) is 1.41 Å². The predicted octanol–water partition coefficient (Wildman–Crippen LogP) is 0.942. The largest absolute Gasteiger partial charge is 0.506 e. The Hall–Kier alpha value is -2.39. The van der Waals surface area contributed by atoms with Crippen molar-refractivity contribution in [1.82, 2.24) is 10.0 Å². The minimum atomic E-state index is -4.53. The zero-order valence-electron chi connectivity index (χ0n) is 14.1. The lowest BCUT2D eigenvalue weighted by molar-refractivity contribution is -0.117. The van der Waals surface area contributed by atoms with Gasteiger partial charge < -0.3 is 10.4 Å². The molecule has 0 saturated carbocycles. The van der Waals surface area contributed by atoms with E-state index in [2.05, 4.69) is 5.32 Å². The van der Waals surface area contributed by atoms with Gasteiger partial charge in [0.15, 0.2) is 7.23 Å². The molecule has 0 bridgehead atoms. The molecule has 4 rings (SSSR count). The highest BCUT2D eigenvalue weighted by Crippen LogP contribution is 2.39. The molecule has 0 spiro atoms. The molecule has 2 saturated heterocycles. The first-order valence-electron chi connectivity index (χ1n) is 8.26. The molecule has 0 aliphatic carbocycles. The van der Waals surface area contributed by atoms with Gasteiger partial charge in [-0.3, -0.25) is 4.79 Å². The number of phenolic OH excluding ortho intramolecular Hbond substituents is 1. The van der Waals surface area contributed by atoms with E-state index in [1.807, 2.05) is 6.07 Å². The van der Waals surface area contributed by atoms with Crippen molar-refractivity contribution in [2.24, 2.45) is 0 Å². The molecule has 2 aliphatic rings. The summed E-state index contributed by atoms with van der Waals surface area (Å²) in [5.74, 6) is -2.32. The van der Waals surface area contributed by atoms with Crippen LogP contribution in [0.25, 0.3) is 10.8 Å². The fourth-order valence-electron chi connectivity index (χ4n) is 3.38. The van der Waals surface area contributed by atoms with E-state index in [1.165, 1.54) is 6.07 Å². The Balaban J connectivity index is 1.89.